The molecule has 1 atom stereocenters. The number of fused-ring (bicyclic) bond motifs is 1. The number of nitrogens with one attached hydrogen (secondary N) is 1. The van der Waals surface area contributed by atoms with Crippen molar-refractivity contribution in [2.45, 2.75) is 32.0 Å². The lowest BCUT2D eigenvalue weighted by Crippen LogP contribution is -2.55. The Morgan fingerprint density at radius 3 is 2.50 bits per heavy atom. The van der Waals surface area contributed by atoms with Gasteiger partial charge in [-0.3, -0.25) is 13.9 Å². The molecule has 2 heterocycles. The van der Waals surface area contributed by atoms with Gasteiger partial charge >= 0.3 is 11.7 Å². The Kier molecular flexibility index (Phi) is 4.40. The summed E-state index contributed by atoms with van der Waals surface area (Å²) in [5.41, 5.74) is -0.0556. The van der Waals surface area contributed by atoms with Gasteiger partial charge < -0.3 is 10.4 Å². The number of carbonyl (C=O) groups excluding carboxylic acids is 1. The number of aliphatic carboxylic acids is 1. The van der Waals surface area contributed by atoms with Crippen LogP contribution in [0.4, 0.5) is 0 Å². The molecule has 0 aliphatic carbocycles. The van der Waals surface area contributed by atoms with Gasteiger partial charge in [-0.05, 0) is 31.2 Å². The number of aromatic nitrogens is 2. The highest BCUT2D eigenvalue weighted by Gasteiger charge is 2.43. The quantitative estimate of drug-likeness (QED) is 0.836. The molecule has 1 aliphatic heterocycles. The number of amides is 1. The topological polar surface area (TPSA) is 93.3 Å². The smallest absolute Gasteiger partial charge is 0.330 e. The predicted octanol–water partition coefficient (Wildman–Crippen LogP) is 0.899. The third-order valence-electron chi connectivity index (χ3n) is 4.35. The SMILES string of the molecule is CCn1c(=O)n(CC(=O)NC2(C(=O)O)CCSC2)c2ccccc21. The van der Waals surface area contributed by atoms with Crippen LogP contribution in [-0.2, 0) is 22.7 Å². The van der Waals surface area contributed by atoms with Crippen LogP contribution in [0.15, 0.2) is 29.1 Å². The van der Waals surface area contributed by atoms with Crippen LogP contribution >= 0.6 is 11.8 Å². The highest BCUT2D eigenvalue weighted by Crippen LogP contribution is 2.28. The monoisotopic (exact) mass is 349 g/mol. The number of imidazole rings is 1. The summed E-state index contributed by atoms with van der Waals surface area (Å²) < 4.78 is 2.99. The fourth-order valence-corrected chi connectivity index (χ4v) is 4.39. The highest BCUT2D eigenvalue weighted by molar-refractivity contribution is 7.99. The van der Waals surface area contributed by atoms with Gasteiger partial charge in [0.25, 0.3) is 0 Å². The molecule has 1 amide bonds. The summed E-state index contributed by atoms with van der Waals surface area (Å²) in [5.74, 6) is -0.438. The Labute approximate surface area is 142 Å². The molecule has 0 bridgehead atoms. The molecule has 1 aromatic heterocycles. The number of rotatable bonds is 5. The minimum atomic E-state index is -1.23. The van der Waals surface area contributed by atoms with Gasteiger partial charge in [-0.2, -0.15) is 11.8 Å². The van der Waals surface area contributed by atoms with Crippen LogP contribution in [0.25, 0.3) is 11.0 Å². The molecule has 3 rings (SSSR count). The van der Waals surface area contributed by atoms with E-state index in [1.807, 2.05) is 25.1 Å². The summed E-state index contributed by atoms with van der Waals surface area (Å²) in [4.78, 5) is 36.5. The van der Waals surface area contributed by atoms with Crippen LogP contribution < -0.4 is 11.0 Å². The Balaban J connectivity index is 1.90. The number of thioether (sulfide) groups is 1. The number of hydrogen-bond acceptors (Lipinski definition) is 4. The fraction of sp³-hybridized carbons (Fsp3) is 0.438. The zero-order valence-electron chi connectivity index (χ0n) is 13.3. The van der Waals surface area contributed by atoms with E-state index >= 15 is 0 Å². The molecular weight excluding hydrogens is 330 g/mol. The fourth-order valence-electron chi connectivity index (χ4n) is 3.07. The molecule has 2 aromatic rings. The van der Waals surface area contributed by atoms with Crippen molar-refractivity contribution in [2.24, 2.45) is 0 Å². The second kappa shape index (κ2) is 6.35. The first-order valence-electron chi connectivity index (χ1n) is 7.79. The van der Waals surface area contributed by atoms with Crippen molar-refractivity contribution in [3.05, 3.63) is 34.7 Å². The maximum Gasteiger partial charge on any atom is 0.330 e. The lowest BCUT2D eigenvalue weighted by molar-refractivity contribution is -0.146. The molecule has 1 fully saturated rings. The van der Waals surface area contributed by atoms with Gasteiger partial charge in [0.2, 0.25) is 5.91 Å². The lowest BCUT2D eigenvalue weighted by Gasteiger charge is -2.24. The van der Waals surface area contributed by atoms with E-state index in [9.17, 15) is 19.5 Å². The van der Waals surface area contributed by atoms with E-state index in [1.54, 1.807) is 10.6 Å². The second-order valence-corrected chi connectivity index (χ2v) is 6.94. The predicted molar refractivity (Wildman–Crippen MR) is 92.3 cm³/mol. The molecule has 24 heavy (non-hydrogen) atoms. The van der Waals surface area contributed by atoms with Crippen LogP contribution in [0.5, 0.6) is 0 Å². The average Bonchev–Trinajstić information content (AvgIpc) is 3.12. The van der Waals surface area contributed by atoms with Crippen LogP contribution in [-0.4, -0.2) is 43.2 Å². The van der Waals surface area contributed by atoms with Crippen LogP contribution in [0.3, 0.4) is 0 Å². The van der Waals surface area contributed by atoms with Crippen LogP contribution in [0, 0.1) is 0 Å². The van der Waals surface area contributed by atoms with Gasteiger partial charge in [0.05, 0.1) is 11.0 Å². The van der Waals surface area contributed by atoms with Gasteiger partial charge in [-0.25, -0.2) is 9.59 Å². The number of para-hydroxylation sites is 2. The zero-order chi connectivity index (χ0) is 17.3. The molecule has 128 valence electrons. The summed E-state index contributed by atoms with van der Waals surface area (Å²) in [6.45, 7) is 2.18. The van der Waals surface area contributed by atoms with Crippen molar-refractivity contribution in [1.29, 1.82) is 0 Å². The summed E-state index contributed by atoms with van der Waals surface area (Å²) in [6, 6.07) is 7.27. The van der Waals surface area contributed by atoms with Gasteiger partial charge in [-0.15, -0.1) is 0 Å². The van der Waals surface area contributed by atoms with Crippen LogP contribution in [0.1, 0.15) is 13.3 Å². The van der Waals surface area contributed by atoms with Crippen molar-refractivity contribution < 1.29 is 14.7 Å². The van der Waals surface area contributed by atoms with E-state index in [4.69, 9.17) is 0 Å². The highest BCUT2D eigenvalue weighted by atomic mass is 32.2. The molecule has 8 heteroatoms. The Morgan fingerprint density at radius 2 is 1.96 bits per heavy atom. The first-order chi connectivity index (χ1) is 11.5. The third-order valence-corrected chi connectivity index (χ3v) is 5.54. The van der Waals surface area contributed by atoms with Crippen molar-refractivity contribution >= 4 is 34.7 Å². The van der Waals surface area contributed by atoms with E-state index in [0.717, 1.165) is 5.52 Å². The summed E-state index contributed by atoms with van der Waals surface area (Å²) in [6.07, 6.45) is 0.393. The molecular formula is C16H19N3O4S. The molecule has 2 N–H and O–H groups in total. The van der Waals surface area contributed by atoms with Gasteiger partial charge in [-0.1, -0.05) is 12.1 Å². The number of carbonyl (C=O) groups is 2. The molecule has 1 unspecified atom stereocenters. The van der Waals surface area contributed by atoms with Gasteiger partial charge in [0.1, 0.15) is 12.1 Å². The van der Waals surface area contributed by atoms with Gasteiger partial charge in [0, 0.05) is 12.3 Å². The maximum absolute atomic E-state index is 12.5. The van der Waals surface area contributed by atoms with E-state index in [2.05, 4.69) is 5.32 Å². The molecule has 0 saturated carbocycles. The molecule has 0 radical (unpaired) electrons. The Morgan fingerprint density at radius 1 is 1.29 bits per heavy atom. The average molecular weight is 349 g/mol. The number of carboxylic acids is 1. The second-order valence-electron chi connectivity index (χ2n) is 5.84. The van der Waals surface area contributed by atoms with Crippen LogP contribution in [0.2, 0.25) is 0 Å². The Hall–Kier alpha value is -2.22. The number of benzene rings is 1. The summed E-state index contributed by atoms with van der Waals surface area (Å²) >= 11 is 1.50. The van der Waals surface area contributed by atoms with E-state index in [1.165, 1.54) is 16.3 Å². The molecule has 1 aromatic carbocycles. The first-order valence-corrected chi connectivity index (χ1v) is 8.94. The van der Waals surface area contributed by atoms with Crippen molar-refractivity contribution in [3.63, 3.8) is 0 Å². The minimum absolute atomic E-state index is 0.188. The molecule has 1 aliphatic rings. The van der Waals surface area contributed by atoms with Crippen molar-refractivity contribution in [1.82, 2.24) is 14.5 Å². The summed E-state index contributed by atoms with van der Waals surface area (Å²) in [7, 11) is 0. The largest absolute Gasteiger partial charge is 0.479 e. The van der Waals surface area contributed by atoms with Crippen molar-refractivity contribution in [2.75, 3.05) is 11.5 Å². The van der Waals surface area contributed by atoms with Gasteiger partial charge in [0.15, 0.2) is 0 Å². The number of aryl methyl sites for hydroxylation is 1. The summed E-state index contributed by atoms with van der Waals surface area (Å²) in [5, 5.41) is 12.1. The molecule has 7 nitrogen and oxygen atoms in total. The number of hydrogen-bond donors (Lipinski definition) is 2. The zero-order valence-corrected chi connectivity index (χ0v) is 14.1. The minimum Gasteiger partial charge on any atom is -0.479 e. The maximum atomic E-state index is 12.5. The number of carboxylic acid groups (broad SMARTS) is 1. The molecule has 0 spiro atoms. The third kappa shape index (κ3) is 2.71. The normalized spacial score (nSPS) is 20.4. The Bertz CT molecular complexity index is 849. The van der Waals surface area contributed by atoms with E-state index < -0.39 is 17.4 Å². The first kappa shape index (κ1) is 16.6. The lowest BCUT2D eigenvalue weighted by atomic mass is 9.99. The van der Waals surface area contributed by atoms with E-state index in [0.29, 0.717) is 30.0 Å². The number of nitrogens with zero attached hydrogens (tertiary/aromatic N) is 2. The molecule has 1 saturated heterocycles. The van der Waals surface area contributed by atoms with Crippen molar-refractivity contribution in [3.8, 4) is 0 Å². The standard InChI is InChI=1S/C16H19N3O4S/c1-2-18-11-5-3-4-6-12(11)19(15(18)23)9-13(20)17-16(14(21)22)7-8-24-10-16/h3-6H,2,7-10H2,1H3,(H,17,20)(H,21,22). The van der Waals surface area contributed by atoms with E-state index in [-0.39, 0.29) is 12.2 Å².